The average Bonchev–Trinajstić information content (AvgIpc) is 2.92. The van der Waals surface area contributed by atoms with E-state index in [1.165, 1.54) is 12.1 Å². The third-order valence-corrected chi connectivity index (χ3v) is 3.99. The van der Waals surface area contributed by atoms with Gasteiger partial charge in [0.05, 0.1) is 4.90 Å². The molecule has 0 saturated carbocycles. The Hall–Kier alpha value is -2.09. The van der Waals surface area contributed by atoms with E-state index in [9.17, 15) is 8.42 Å². The van der Waals surface area contributed by atoms with Gasteiger partial charge in [-0.2, -0.15) is 8.42 Å². The van der Waals surface area contributed by atoms with Crippen LogP contribution in [0.5, 0.6) is 11.5 Å². The fourth-order valence-electron chi connectivity index (χ4n) is 1.61. The summed E-state index contributed by atoms with van der Waals surface area (Å²) in [7, 11) is -3.72. The lowest BCUT2D eigenvalue weighted by Gasteiger charge is -2.18. The predicted molar refractivity (Wildman–Crippen MR) is 60.0 cm³/mol. The number of ether oxygens (including phenoxy) is 2. The maximum Gasteiger partial charge on any atom is 0.284 e. The molecular formula is C10H9N3O4S. The lowest BCUT2D eigenvalue weighted by molar-refractivity contribution is 0.171. The number of benzene rings is 1. The second-order valence-corrected chi connectivity index (χ2v) is 5.37. The van der Waals surface area contributed by atoms with E-state index < -0.39 is 10.0 Å². The van der Waals surface area contributed by atoms with Crippen LogP contribution in [0.2, 0.25) is 0 Å². The minimum absolute atomic E-state index is 0.0808. The molecule has 8 heteroatoms. The Balaban J connectivity index is 2.08. The van der Waals surface area contributed by atoms with Crippen LogP contribution in [0.4, 0.5) is 0 Å². The van der Waals surface area contributed by atoms with Crippen LogP contribution in [0.15, 0.2) is 35.7 Å². The monoisotopic (exact) mass is 267 g/mol. The van der Waals surface area contributed by atoms with Crippen molar-refractivity contribution >= 4 is 10.0 Å². The summed E-state index contributed by atoms with van der Waals surface area (Å²) in [5.41, 5.74) is 0. The SMILES string of the molecule is O=S(=O)(c1ccc2c(c1)OCCO2)n1cncn1. The molecule has 0 N–H and O–H groups in total. The molecule has 0 aliphatic carbocycles. The molecule has 0 amide bonds. The number of hydrogen-bond donors (Lipinski definition) is 0. The van der Waals surface area contributed by atoms with Gasteiger partial charge in [0.2, 0.25) is 0 Å². The number of rotatable bonds is 2. The van der Waals surface area contributed by atoms with E-state index in [0.29, 0.717) is 24.7 Å². The standard InChI is InChI=1S/C10H9N3O4S/c14-18(15,13-7-11-6-12-13)8-1-2-9-10(5-8)17-4-3-16-9/h1-2,5-7H,3-4H2. The summed E-state index contributed by atoms with van der Waals surface area (Å²) in [6.45, 7) is 0.863. The van der Waals surface area contributed by atoms with Crippen LogP contribution in [0, 0.1) is 0 Å². The first kappa shape index (κ1) is 11.0. The van der Waals surface area contributed by atoms with Crippen molar-refractivity contribution in [2.75, 3.05) is 13.2 Å². The van der Waals surface area contributed by atoms with Gasteiger partial charge < -0.3 is 9.47 Å². The summed E-state index contributed by atoms with van der Waals surface area (Å²) in [6, 6.07) is 4.44. The van der Waals surface area contributed by atoms with E-state index in [-0.39, 0.29) is 4.90 Å². The van der Waals surface area contributed by atoms with Gasteiger partial charge in [0.1, 0.15) is 25.9 Å². The molecule has 18 heavy (non-hydrogen) atoms. The summed E-state index contributed by atoms with van der Waals surface area (Å²) in [5.74, 6) is 0.959. The van der Waals surface area contributed by atoms with E-state index in [1.54, 1.807) is 6.07 Å². The predicted octanol–water partition coefficient (Wildman–Crippen LogP) is 0.286. The van der Waals surface area contributed by atoms with Gasteiger partial charge in [0.25, 0.3) is 10.0 Å². The van der Waals surface area contributed by atoms with Gasteiger partial charge in [-0.1, -0.05) is 0 Å². The van der Waals surface area contributed by atoms with Crippen molar-refractivity contribution in [2.24, 2.45) is 0 Å². The van der Waals surface area contributed by atoms with Crippen molar-refractivity contribution in [3.05, 3.63) is 30.9 Å². The van der Waals surface area contributed by atoms with Crippen LogP contribution >= 0.6 is 0 Å². The Bertz CT molecular complexity index is 666. The molecule has 0 bridgehead atoms. The van der Waals surface area contributed by atoms with Crippen molar-refractivity contribution in [3.8, 4) is 11.5 Å². The van der Waals surface area contributed by atoms with Crippen molar-refractivity contribution in [2.45, 2.75) is 4.90 Å². The van der Waals surface area contributed by atoms with Gasteiger partial charge >= 0.3 is 0 Å². The Morgan fingerprint density at radius 3 is 2.67 bits per heavy atom. The molecule has 0 radical (unpaired) electrons. The van der Waals surface area contributed by atoms with E-state index in [1.807, 2.05) is 0 Å². The molecule has 0 fully saturated rings. The van der Waals surface area contributed by atoms with Crippen molar-refractivity contribution in [1.82, 2.24) is 14.2 Å². The molecule has 1 aromatic heterocycles. The van der Waals surface area contributed by atoms with E-state index in [0.717, 1.165) is 16.7 Å². The quantitative estimate of drug-likeness (QED) is 0.777. The molecule has 0 spiro atoms. The van der Waals surface area contributed by atoms with Crippen LogP contribution in [-0.4, -0.2) is 35.8 Å². The Morgan fingerprint density at radius 1 is 1.17 bits per heavy atom. The Morgan fingerprint density at radius 2 is 1.94 bits per heavy atom. The van der Waals surface area contributed by atoms with Crippen molar-refractivity contribution in [3.63, 3.8) is 0 Å². The molecule has 2 heterocycles. The molecule has 94 valence electrons. The zero-order valence-corrected chi connectivity index (χ0v) is 10.0. The summed E-state index contributed by atoms with van der Waals surface area (Å²) < 4.78 is 35.8. The first-order valence-electron chi connectivity index (χ1n) is 5.18. The van der Waals surface area contributed by atoms with Crippen LogP contribution in [0.1, 0.15) is 0 Å². The Labute approximate surface area is 103 Å². The van der Waals surface area contributed by atoms with Gasteiger partial charge in [-0.25, -0.2) is 4.98 Å². The molecular weight excluding hydrogens is 258 g/mol. The first-order chi connectivity index (χ1) is 8.68. The third kappa shape index (κ3) is 1.70. The van der Waals surface area contributed by atoms with Crippen LogP contribution in [0.25, 0.3) is 0 Å². The second-order valence-electron chi connectivity index (χ2n) is 3.58. The number of aromatic nitrogens is 3. The molecule has 0 unspecified atom stereocenters. The van der Waals surface area contributed by atoms with Gasteiger partial charge in [-0.15, -0.1) is 9.19 Å². The lowest BCUT2D eigenvalue weighted by atomic mass is 10.3. The molecule has 3 rings (SSSR count). The molecule has 2 aromatic rings. The fraction of sp³-hybridized carbons (Fsp3) is 0.200. The highest BCUT2D eigenvalue weighted by Gasteiger charge is 2.21. The van der Waals surface area contributed by atoms with Crippen LogP contribution in [-0.2, 0) is 10.0 Å². The summed E-state index contributed by atoms with van der Waals surface area (Å²) in [6.07, 6.45) is 2.29. The fourth-order valence-corrected chi connectivity index (χ4v) is 2.67. The minimum atomic E-state index is -3.72. The number of nitrogens with zero attached hydrogens (tertiary/aromatic N) is 3. The average molecular weight is 267 g/mol. The Kier molecular flexibility index (Phi) is 2.44. The number of fused-ring (bicyclic) bond motifs is 1. The maximum absolute atomic E-state index is 12.1. The van der Waals surface area contributed by atoms with E-state index in [2.05, 4.69) is 10.1 Å². The highest BCUT2D eigenvalue weighted by molar-refractivity contribution is 7.89. The molecule has 0 saturated heterocycles. The van der Waals surface area contributed by atoms with Gasteiger partial charge in [-0.05, 0) is 12.1 Å². The van der Waals surface area contributed by atoms with Crippen LogP contribution < -0.4 is 9.47 Å². The largest absolute Gasteiger partial charge is 0.486 e. The van der Waals surface area contributed by atoms with Gasteiger partial charge in [0.15, 0.2) is 11.5 Å². The summed E-state index contributed by atoms with van der Waals surface area (Å²) >= 11 is 0. The number of hydrogen-bond acceptors (Lipinski definition) is 6. The van der Waals surface area contributed by atoms with E-state index >= 15 is 0 Å². The topological polar surface area (TPSA) is 83.3 Å². The molecule has 1 aromatic carbocycles. The smallest absolute Gasteiger partial charge is 0.284 e. The minimum Gasteiger partial charge on any atom is -0.486 e. The maximum atomic E-state index is 12.1. The summed E-state index contributed by atoms with van der Waals surface area (Å²) in [5, 5.41) is 3.62. The molecule has 1 aliphatic rings. The zero-order chi connectivity index (χ0) is 12.6. The zero-order valence-electron chi connectivity index (χ0n) is 9.18. The van der Waals surface area contributed by atoms with Crippen molar-refractivity contribution < 1.29 is 17.9 Å². The normalized spacial score (nSPS) is 14.4. The molecule has 0 atom stereocenters. The highest BCUT2D eigenvalue weighted by atomic mass is 32.2. The first-order valence-corrected chi connectivity index (χ1v) is 6.62. The summed E-state index contributed by atoms with van der Waals surface area (Å²) in [4.78, 5) is 3.70. The molecule has 7 nitrogen and oxygen atoms in total. The van der Waals surface area contributed by atoms with E-state index in [4.69, 9.17) is 9.47 Å². The molecule has 1 aliphatic heterocycles. The second kappa shape index (κ2) is 3.98. The van der Waals surface area contributed by atoms with Gasteiger partial charge in [-0.3, -0.25) is 0 Å². The van der Waals surface area contributed by atoms with Crippen LogP contribution in [0.3, 0.4) is 0 Å². The lowest BCUT2D eigenvalue weighted by Crippen LogP contribution is -2.17. The third-order valence-electron chi connectivity index (χ3n) is 2.46. The van der Waals surface area contributed by atoms with Gasteiger partial charge in [0, 0.05) is 6.07 Å². The van der Waals surface area contributed by atoms with Crippen molar-refractivity contribution in [1.29, 1.82) is 0 Å². The highest BCUT2D eigenvalue weighted by Crippen LogP contribution is 2.32.